The van der Waals surface area contributed by atoms with Crippen molar-refractivity contribution < 1.29 is 18.0 Å². The van der Waals surface area contributed by atoms with E-state index < -0.39 is 17.5 Å². The third-order valence-electron chi connectivity index (χ3n) is 3.14. The zero-order valence-electron chi connectivity index (χ0n) is 11.2. The van der Waals surface area contributed by atoms with Crippen molar-refractivity contribution in [3.63, 3.8) is 0 Å². The van der Waals surface area contributed by atoms with Crippen molar-refractivity contribution in [2.75, 3.05) is 0 Å². The lowest BCUT2D eigenvalue weighted by Crippen LogP contribution is -2.09. The number of ketones is 1. The standard InChI is InChI=1S/C16H12BrF3O/c1-2-10-4-3-5-11(8-10)15(21)13-9-12(16(18,19)20)6-7-14(13)17/h3-9H,2H2,1H3. The van der Waals surface area contributed by atoms with Crippen molar-refractivity contribution in [3.8, 4) is 0 Å². The number of hydrogen-bond donors (Lipinski definition) is 0. The Hall–Kier alpha value is -1.62. The predicted molar refractivity (Wildman–Crippen MR) is 78.4 cm³/mol. The first kappa shape index (κ1) is 15.8. The van der Waals surface area contributed by atoms with Crippen LogP contribution in [-0.4, -0.2) is 5.78 Å². The van der Waals surface area contributed by atoms with Gasteiger partial charge in [-0.25, -0.2) is 0 Å². The molecule has 0 spiro atoms. The fourth-order valence-corrected chi connectivity index (χ4v) is 2.39. The third kappa shape index (κ3) is 3.53. The van der Waals surface area contributed by atoms with Crippen LogP contribution in [0.3, 0.4) is 0 Å². The normalized spacial score (nSPS) is 11.5. The summed E-state index contributed by atoms with van der Waals surface area (Å²) in [6, 6.07) is 9.99. The quantitative estimate of drug-likeness (QED) is 0.685. The molecule has 0 bridgehead atoms. The van der Waals surface area contributed by atoms with Crippen molar-refractivity contribution in [2.45, 2.75) is 19.5 Å². The lowest BCUT2D eigenvalue weighted by Gasteiger charge is -2.10. The van der Waals surface area contributed by atoms with Crippen LogP contribution in [0.4, 0.5) is 13.2 Å². The van der Waals surface area contributed by atoms with Crippen LogP contribution >= 0.6 is 15.9 Å². The second kappa shape index (κ2) is 6.02. The molecule has 0 aromatic heterocycles. The van der Waals surface area contributed by atoms with Gasteiger partial charge in [0.2, 0.25) is 0 Å². The molecule has 1 nitrogen and oxygen atoms in total. The molecule has 0 unspecified atom stereocenters. The molecule has 2 rings (SSSR count). The smallest absolute Gasteiger partial charge is 0.289 e. The van der Waals surface area contributed by atoms with E-state index in [1.807, 2.05) is 13.0 Å². The number of carbonyl (C=O) groups is 1. The van der Waals surface area contributed by atoms with E-state index in [9.17, 15) is 18.0 Å². The first-order valence-corrected chi connectivity index (χ1v) is 7.12. The summed E-state index contributed by atoms with van der Waals surface area (Å²) in [5.74, 6) is -0.428. The summed E-state index contributed by atoms with van der Waals surface area (Å²) >= 11 is 3.14. The van der Waals surface area contributed by atoms with Gasteiger partial charge in [-0.05, 0) is 36.2 Å². The van der Waals surface area contributed by atoms with E-state index in [-0.39, 0.29) is 5.56 Å². The van der Waals surface area contributed by atoms with Crippen molar-refractivity contribution in [3.05, 3.63) is 69.2 Å². The highest BCUT2D eigenvalue weighted by molar-refractivity contribution is 9.10. The average molecular weight is 357 g/mol. The van der Waals surface area contributed by atoms with Gasteiger partial charge in [0.05, 0.1) is 5.56 Å². The van der Waals surface area contributed by atoms with Gasteiger partial charge in [0.25, 0.3) is 0 Å². The van der Waals surface area contributed by atoms with Crippen LogP contribution in [0.1, 0.15) is 34.0 Å². The molecular formula is C16H12BrF3O. The zero-order chi connectivity index (χ0) is 15.6. The Kier molecular flexibility index (Phi) is 4.52. The fourth-order valence-electron chi connectivity index (χ4n) is 1.96. The van der Waals surface area contributed by atoms with Gasteiger partial charge in [-0.3, -0.25) is 4.79 Å². The van der Waals surface area contributed by atoms with E-state index in [4.69, 9.17) is 0 Å². The van der Waals surface area contributed by atoms with Crippen LogP contribution in [0, 0.1) is 0 Å². The maximum Gasteiger partial charge on any atom is 0.416 e. The summed E-state index contributed by atoms with van der Waals surface area (Å²) < 4.78 is 38.6. The summed E-state index contributed by atoms with van der Waals surface area (Å²) in [4.78, 5) is 12.4. The number of alkyl halides is 3. The molecule has 0 amide bonds. The summed E-state index contributed by atoms with van der Waals surface area (Å²) in [6.07, 6.45) is -3.72. The molecule has 0 aliphatic heterocycles. The molecule has 0 aliphatic rings. The maximum absolute atomic E-state index is 12.8. The SMILES string of the molecule is CCc1cccc(C(=O)c2cc(C(F)(F)F)ccc2Br)c1. The Labute approximate surface area is 128 Å². The number of carbonyl (C=O) groups excluding carboxylic acids is 1. The highest BCUT2D eigenvalue weighted by Crippen LogP contribution is 2.32. The Morgan fingerprint density at radius 3 is 2.48 bits per heavy atom. The second-order valence-electron chi connectivity index (χ2n) is 4.58. The average Bonchev–Trinajstić information content (AvgIpc) is 2.46. The van der Waals surface area contributed by atoms with Gasteiger partial charge < -0.3 is 0 Å². The first-order chi connectivity index (χ1) is 9.82. The summed E-state index contributed by atoms with van der Waals surface area (Å²) in [5, 5.41) is 0. The summed E-state index contributed by atoms with van der Waals surface area (Å²) in [7, 11) is 0. The third-order valence-corrected chi connectivity index (χ3v) is 3.83. The molecular weight excluding hydrogens is 345 g/mol. The van der Waals surface area contributed by atoms with E-state index >= 15 is 0 Å². The topological polar surface area (TPSA) is 17.1 Å². The highest BCUT2D eigenvalue weighted by atomic mass is 79.9. The van der Waals surface area contributed by atoms with Gasteiger partial charge in [-0.15, -0.1) is 0 Å². The van der Waals surface area contributed by atoms with E-state index in [0.717, 1.165) is 24.1 Å². The van der Waals surface area contributed by atoms with E-state index in [1.165, 1.54) is 6.07 Å². The van der Waals surface area contributed by atoms with Gasteiger partial charge in [-0.1, -0.05) is 41.1 Å². The molecule has 0 N–H and O–H groups in total. The highest BCUT2D eigenvalue weighted by Gasteiger charge is 2.31. The Balaban J connectivity index is 2.47. The molecule has 0 atom stereocenters. The molecule has 0 radical (unpaired) electrons. The van der Waals surface area contributed by atoms with Crippen molar-refractivity contribution >= 4 is 21.7 Å². The van der Waals surface area contributed by atoms with E-state index in [0.29, 0.717) is 10.0 Å². The fraction of sp³-hybridized carbons (Fsp3) is 0.188. The molecule has 21 heavy (non-hydrogen) atoms. The number of benzene rings is 2. The Morgan fingerprint density at radius 2 is 1.86 bits per heavy atom. The van der Waals surface area contributed by atoms with Crippen molar-refractivity contribution in [1.82, 2.24) is 0 Å². The molecule has 0 fully saturated rings. The number of rotatable bonds is 3. The second-order valence-corrected chi connectivity index (χ2v) is 5.43. The summed E-state index contributed by atoms with van der Waals surface area (Å²) in [6.45, 7) is 1.95. The monoisotopic (exact) mass is 356 g/mol. The zero-order valence-corrected chi connectivity index (χ0v) is 12.8. The van der Waals surface area contributed by atoms with Gasteiger partial charge in [0, 0.05) is 15.6 Å². The Morgan fingerprint density at radius 1 is 1.14 bits per heavy atom. The largest absolute Gasteiger partial charge is 0.416 e. The Bertz CT molecular complexity index is 677. The minimum absolute atomic E-state index is 0.0121. The minimum atomic E-state index is -4.47. The molecule has 110 valence electrons. The van der Waals surface area contributed by atoms with Crippen LogP contribution in [0.25, 0.3) is 0 Å². The molecule has 2 aromatic carbocycles. The number of halogens is 4. The first-order valence-electron chi connectivity index (χ1n) is 6.33. The lowest BCUT2D eigenvalue weighted by atomic mass is 9.99. The van der Waals surface area contributed by atoms with Crippen molar-refractivity contribution in [1.29, 1.82) is 0 Å². The lowest BCUT2D eigenvalue weighted by molar-refractivity contribution is -0.137. The maximum atomic E-state index is 12.8. The van der Waals surface area contributed by atoms with Crippen LogP contribution in [0.15, 0.2) is 46.9 Å². The molecule has 2 aromatic rings. The van der Waals surface area contributed by atoms with Crippen LogP contribution in [0.2, 0.25) is 0 Å². The predicted octanol–water partition coefficient (Wildman–Crippen LogP) is 5.26. The minimum Gasteiger partial charge on any atom is -0.289 e. The van der Waals surface area contributed by atoms with Gasteiger partial charge in [0.15, 0.2) is 5.78 Å². The van der Waals surface area contributed by atoms with E-state index in [1.54, 1.807) is 18.2 Å². The van der Waals surface area contributed by atoms with Gasteiger partial charge in [-0.2, -0.15) is 13.2 Å². The molecule has 0 aliphatic carbocycles. The molecule has 0 heterocycles. The van der Waals surface area contributed by atoms with Crippen LogP contribution < -0.4 is 0 Å². The molecule has 0 saturated carbocycles. The van der Waals surface area contributed by atoms with Gasteiger partial charge in [0.1, 0.15) is 0 Å². The van der Waals surface area contributed by atoms with Crippen LogP contribution in [-0.2, 0) is 12.6 Å². The molecule has 5 heteroatoms. The van der Waals surface area contributed by atoms with Crippen molar-refractivity contribution in [2.24, 2.45) is 0 Å². The summed E-state index contributed by atoms with van der Waals surface area (Å²) in [5.41, 5.74) is 0.525. The van der Waals surface area contributed by atoms with E-state index in [2.05, 4.69) is 15.9 Å². The molecule has 0 saturated heterocycles. The van der Waals surface area contributed by atoms with Gasteiger partial charge >= 0.3 is 6.18 Å². The van der Waals surface area contributed by atoms with Crippen LogP contribution in [0.5, 0.6) is 0 Å². The number of hydrogen-bond acceptors (Lipinski definition) is 1. The number of aryl methyl sites for hydroxylation is 1.